The van der Waals surface area contributed by atoms with Crippen molar-refractivity contribution < 1.29 is 4.74 Å². The number of aryl methyl sites for hydroxylation is 1. The summed E-state index contributed by atoms with van der Waals surface area (Å²) in [4.78, 5) is 1.36. The summed E-state index contributed by atoms with van der Waals surface area (Å²) in [7, 11) is 0. The fraction of sp³-hybridized carbons (Fsp3) is 0.231. The number of halogens is 1. The molecule has 0 spiro atoms. The van der Waals surface area contributed by atoms with Gasteiger partial charge in [0.25, 0.3) is 0 Å². The highest BCUT2D eigenvalue weighted by Crippen LogP contribution is 2.37. The fourth-order valence-corrected chi connectivity index (χ4v) is 3.35. The van der Waals surface area contributed by atoms with Crippen LogP contribution in [0.5, 0.6) is 5.75 Å². The summed E-state index contributed by atoms with van der Waals surface area (Å²) in [5, 5.41) is 5.66. The van der Waals surface area contributed by atoms with E-state index in [0.29, 0.717) is 6.61 Å². The van der Waals surface area contributed by atoms with Crippen molar-refractivity contribution in [2.45, 2.75) is 13.0 Å². The van der Waals surface area contributed by atoms with Gasteiger partial charge in [0.05, 0.1) is 11.7 Å². The van der Waals surface area contributed by atoms with Crippen molar-refractivity contribution in [3.63, 3.8) is 0 Å². The minimum atomic E-state index is 0.261. The van der Waals surface area contributed by atoms with Crippen LogP contribution in [0.2, 0.25) is 0 Å². The number of nitrogens with one attached hydrogen (secondary N) is 1. The molecule has 0 radical (unpaired) electrons. The smallest absolute Gasteiger partial charge is 0.142 e. The number of hydrogen-bond donors (Lipinski definition) is 1. The Morgan fingerprint density at radius 1 is 1.41 bits per heavy atom. The minimum Gasteiger partial charge on any atom is -0.489 e. The Hall–Kier alpha value is -1.00. The first-order chi connectivity index (χ1) is 8.24. The Balaban J connectivity index is 1.92. The summed E-state index contributed by atoms with van der Waals surface area (Å²) in [6.45, 7) is 2.83. The molecule has 0 amide bonds. The first kappa shape index (κ1) is 11.1. The van der Waals surface area contributed by atoms with Gasteiger partial charge in [-0.1, -0.05) is 15.9 Å². The summed E-state index contributed by atoms with van der Waals surface area (Å²) in [5.41, 5.74) is 2.39. The third kappa shape index (κ3) is 2.07. The lowest BCUT2D eigenvalue weighted by Gasteiger charge is -2.27. The molecule has 3 rings (SSSR count). The molecule has 88 valence electrons. The van der Waals surface area contributed by atoms with Gasteiger partial charge >= 0.3 is 0 Å². The van der Waals surface area contributed by atoms with Crippen molar-refractivity contribution in [2.24, 2.45) is 0 Å². The third-order valence-corrected chi connectivity index (χ3v) is 4.52. The molecule has 1 aromatic heterocycles. The molecule has 1 aliphatic rings. The third-order valence-electron chi connectivity index (χ3n) is 2.90. The van der Waals surface area contributed by atoms with Crippen molar-refractivity contribution in [3.8, 4) is 5.75 Å². The highest BCUT2D eigenvalue weighted by atomic mass is 79.9. The molecule has 0 saturated carbocycles. The van der Waals surface area contributed by atoms with E-state index in [1.54, 1.807) is 11.3 Å². The summed E-state index contributed by atoms with van der Waals surface area (Å²) in [6.07, 6.45) is 0. The highest BCUT2D eigenvalue weighted by Gasteiger charge is 2.22. The van der Waals surface area contributed by atoms with Crippen molar-refractivity contribution in [3.05, 3.63) is 44.6 Å². The normalized spacial score (nSPS) is 18.1. The zero-order chi connectivity index (χ0) is 11.8. The summed E-state index contributed by atoms with van der Waals surface area (Å²) in [6, 6.07) is 8.46. The SMILES string of the molecule is Cc1ccsc1C1COc2ccc(Br)cc2N1. The van der Waals surface area contributed by atoms with Gasteiger partial charge in [-0.15, -0.1) is 11.3 Å². The lowest BCUT2D eigenvalue weighted by Crippen LogP contribution is -2.23. The topological polar surface area (TPSA) is 21.3 Å². The Kier molecular flexibility index (Phi) is 2.84. The highest BCUT2D eigenvalue weighted by molar-refractivity contribution is 9.10. The van der Waals surface area contributed by atoms with Gasteiger partial charge < -0.3 is 10.1 Å². The Morgan fingerprint density at radius 2 is 2.29 bits per heavy atom. The number of benzene rings is 1. The van der Waals surface area contributed by atoms with Crippen LogP contribution in [-0.4, -0.2) is 6.61 Å². The van der Waals surface area contributed by atoms with E-state index in [9.17, 15) is 0 Å². The molecule has 4 heteroatoms. The number of rotatable bonds is 1. The molecule has 2 nitrogen and oxygen atoms in total. The van der Waals surface area contributed by atoms with Gasteiger partial charge in [0.15, 0.2) is 0 Å². The molecule has 0 aliphatic carbocycles. The van der Waals surface area contributed by atoms with E-state index in [2.05, 4.69) is 45.7 Å². The predicted octanol–water partition coefficient (Wildman–Crippen LogP) is 4.36. The maximum absolute atomic E-state index is 5.79. The van der Waals surface area contributed by atoms with Crippen molar-refractivity contribution in [1.29, 1.82) is 0 Å². The monoisotopic (exact) mass is 309 g/mol. The summed E-state index contributed by atoms with van der Waals surface area (Å²) < 4.78 is 6.86. The van der Waals surface area contributed by atoms with Crippen LogP contribution in [-0.2, 0) is 0 Å². The van der Waals surface area contributed by atoms with Gasteiger partial charge in [0.1, 0.15) is 12.4 Å². The van der Waals surface area contributed by atoms with Crippen LogP contribution in [0.25, 0.3) is 0 Å². The second-order valence-electron chi connectivity index (χ2n) is 4.12. The van der Waals surface area contributed by atoms with E-state index in [1.807, 2.05) is 12.1 Å². The summed E-state index contributed by atoms with van der Waals surface area (Å²) >= 11 is 5.26. The van der Waals surface area contributed by atoms with Crippen LogP contribution < -0.4 is 10.1 Å². The number of ether oxygens (including phenoxy) is 1. The quantitative estimate of drug-likeness (QED) is 0.845. The number of fused-ring (bicyclic) bond motifs is 1. The molecular weight excluding hydrogens is 298 g/mol. The van der Waals surface area contributed by atoms with Gasteiger partial charge in [0.2, 0.25) is 0 Å². The van der Waals surface area contributed by atoms with Crippen molar-refractivity contribution in [2.75, 3.05) is 11.9 Å². The van der Waals surface area contributed by atoms with Crippen LogP contribution in [0.3, 0.4) is 0 Å². The van der Waals surface area contributed by atoms with E-state index >= 15 is 0 Å². The average Bonchev–Trinajstić information content (AvgIpc) is 2.74. The minimum absolute atomic E-state index is 0.261. The van der Waals surface area contributed by atoms with Crippen molar-refractivity contribution in [1.82, 2.24) is 0 Å². The standard InChI is InChI=1S/C13H12BrNOS/c1-8-4-5-17-13(8)11-7-16-12-3-2-9(14)6-10(12)15-11/h2-6,11,15H,7H2,1H3. The Bertz CT molecular complexity index is 552. The first-order valence-corrected chi connectivity index (χ1v) is 7.14. The predicted molar refractivity (Wildman–Crippen MR) is 75.1 cm³/mol. The van der Waals surface area contributed by atoms with Gasteiger partial charge in [0, 0.05) is 9.35 Å². The van der Waals surface area contributed by atoms with Crippen LogP contribution >= 0.6 is 27.3 Å². The number of thiophene rings is 1. The molecule has 1 aliphatic heterocycles. The Labute approximate surface area is 113 Å². The molecule has 2 aromatic rings. The van der Waals surface area contributed by atoms with Gasteiger partial charge in [-0.3, -0.25) is 0 Å². The second-order valence-corrected chi connectivity index (χ2v) is 5.98. The molecule has 0 fully saturated rings. The molecule has 1 atom stereocenters. The van der Waals surface area contributed by atoms with E-state index < -0.39 is 0 Å². The summed E-state index contributed by atoms with van der Waals surface area (Å²) in [5.74, 6) is 0.929. The maximum Gasteiger partial charge on any atom is 0.142 e. The Morgan fingerprint density at radius 3 is 3.06 bits per heavy atom. The zero-order valence-electron chi connectivity index (χ0n) is 9.37. The molecule has 1 unspecified atom stereocenters. The molecule has 0 bridgehead atoms. The molecule has 2 heterocycles. The van der Waals surface area contributed by atoms with Crippen LogP contribution in [0.1, 0.15) is 16.5 Å². The maximum atomic E-state index is 5.79. The molecule has 0 saturated heterocycles. The van der Waals surface area contributed by atoms with E-state index in [4.69, 9.17) is 4.74 Å². The van der Waals surface area contributed by atoms with E-state index in [0.717, 1.165) is 15.9 Å². The number of hydrogen-bond acceptors (Lipinski definition) is 3. The molecule has 1 N–H and O–H groups in total. The lowest BCUT2D eigenvalue weighted by atomic mass is 10.1. The zero-order valence-corrected chi connectivity index (χ0v) is 11.8. The van der Waals surface area contributed by atoms with Gasteiger partial charge in [-0.25, -0.2) is 0 Å². The molecular formula is C13H12BrNOS. The molecule has 17 heavy (non-hydrogen) atoms. The average molecular weight is 310 g/mol. The van der Waals surface area contributed by atoms with E-state index in [-0.39, 0.29) is 6.04 Å². The molecule has 1 aromatic carbocycles. The van der Waals surface area contributed by atoms with Gasteiger partial charge in [-0.05, 0) is 42.1 Å². The first-order valence-electron chi connectivity index (χ1n) is 5.47. The van der Waals surface area contributed by atoms with Crippen LogP contribution in [0, 0.1) is 6.92 Å². The number of anilines is 1. The van der Waals surface area contributed by atoms with Gasteiger partial charge in [-0.2, -0.15) is 0 Å². The fourth-order valence-electron chi connectivity index (χ4n) is 2.03. The lowest BCUT2D eigenvalue weighted by molar-refractivity contribution is 0.287. The van der Waals surface area contributed by atoms with Crippen LogP contribution in [0.4, 0.5) is 5.69 Å². The van der Waals surface area contributed by atoms with Crippen molar-refractivity contribution >= 4 is 33.0 Å². The largest absolute Gasteiger partial charge is 0.489 e. The van der Waals surface area contributed by atoms with Crippen LogP contribution in [0.15, 0.2) is 34.1 Å². The second kappa shape index (κ2) is 4.35. The van der Waals surface area contributed by atoms with E-state index in [1.165, 1.54) is 10.4 Å².